The highest BCUT2D eigenvalue weighted by molar-refractivity contribution is 4.74. The molecular formula is C14H31N3. The summed E-state index contributed by atoms with van der Waals surface area (Å²) < 4.78 is 0. The molecule has 1 aliphatic rings. The number of piperidine rings is 1. The number of nitrogens with one attached hydrogen (secondary N) is 2. The third kappa shape index (κ3) is 7.74. The zero-order chi connectivity index (χ0) is 12.7. The van der Waals surface area contributed by atoms with Crippen LogP contribution in [0.25, 0.3) is 0 Å². The lowest BCUT2D eigenvalue weighted by Crippen LogP contribution is -2.45. The third-order valence-corrected chi connectivity index (χ3v) is 3.25. The van der Waals surface area contributed by atoms with Crippen LogP contribution >= 0.6 is 0 Å². The van der Waals surface area contributed by atoms with Gasteiger partial charge in [-0.05, 0) is 53.6 Å². The van der Waals surface area contributed by atoms with Gasteiger partial charge < -0.3 is 15.5 Å². The van der Waals surface area contributed by atoms with Crippen LogP contribution in [-0.2, 0) is 0 Å². The Hall–Kier alpha value is -0.120. The van der Waals surface area contributed by atoms with Crippen molar-refractivity contribution < 1.29 is 0 Å². The molecule has 17 heavy (non-hydrogen) atoms. The standard InChI is InChI=1S/C14H31N3/c1-13(12-17-10-6-5-7-11-17)15-8-9-16-14(2,3)4/h13,15-16H,5-12H2,1-4H3. The fourth-order valence-electron chi connectivity index (χ4n) is 2.35. The third-order valence-electron chi connectivity index (χ3n) is 3.25. The van der Waals surface area contributed by atoms with Gasteiger partial charge in [0.1, 0.15) is 0 Å². The maximum atomic E-state index is 3.60. The van der Waals surface area contributed by atoms with Crippen molar-refractivity contribution >= 4 is 0 Å². The van der Waals surface area contributed by atoms with E-state index in [0.29, 0.717) is 6.04 Å². The van der Waals surface area contributed by atoms with E-state index >= 15 is 0 Å². The van der Waals surface area contributed by atoms with Crippen LogP contribution in [0, 0.1) is 0 Å². The molecule has 0 aromatic carbocycles. The Kier molecular flexibility index (Phi) is 6.45. The highest BCUT2D eigenvalue weighted by atomic mass is 15.2. The molecule has 0 aliphatic carbocycles. The summed E-state index contributed by atoms with van der Waals surface area (Å²) in [5, 5.41) is 7.10. The molecule has 1 saturated heterocycles. The molecule has 3 heteroatoms. The molecule has 1 atom stereocenters. The fraction of sp³-hybridized carbons (Fsp3) is 1.00. The maximum Gasteiger partial charge on any atom is 0.0167 e. The van der Waals surface area contributed by atoms with Crippen LogP contribution in [0.4, 0.5) is 0 Å². The van der Waals surface area contributed by atoms with Crippen LogP contribution in [0.2, 0.25) is 0 Å². The SMILES string of the molecule is CC(CN1CCCCC1)NCCNC(C)(C)C. The Morgan fingerprint density at radius 2 is 1.71 bits per heavy atom. The number of hydrogen-bond acceptors (Lipinski definition) is 3. The fourth-order valence-corrected chi connectivity index (χ4v) is 2.35. The molecule has 102 valence electrons. The minimum Gasteiger partial charge on any atom is -0.312 e. The predicted molar refractivity (Wildman–Crippen MR) is 75.5 cm³/mol. The van der Waals surface area contributed by atoms with Crippen molar-refractivity contribution in [1.82, 2.24) is 15.5 Å². The molecule has 0 radical (unpaired) electrons. The monoisotopic (exact) mass is 241 g/mol. The molecular weight excluding hydrogens is 210 g/mol. The van der Waals surface area contributed by atoms with Gasteiger partial charge in [-0.3, -0.25) is 0 Å². The molecule has 0 aromatic rings. The summed E-state index contributed by atoms with van der Waals surface area (Å²) >= 11 is 0. The average molecular weight is 241 g/mol. The second-order valence-electron chi connectivity index (χ2n) is 6.39. The van der Waals surface area contributed by atoms with Crippen molar-refractivity contribution in [3.05, 3.63) is 0 Å². The normalized spacial score (nSPS) is 20.5. The summed E-state index contributed by atoms with van der Waals surface area (Å²) in [4.78, 5) is 2.60. The molecule has 0 bridgehead atoms. The number of nitrogens with zero attached hydrogens (tertiary/aromatic N) is 1. The molecule has 1 fully saturated rings. The van der Waals surface area contributed by atoms with E-state index in [1.165, 1.54) is 38.9 Å². The lowest BCUT2D eigenvalue weighted by molar-refractivity contribution is 0.209. The highest BCUT2D eigenvalue weighted by Crippen LogP contribution is 2.08. The van der Waals surface area contributed by atoms with E-state index in [1.807, 2.05) is 0 Å². The molecule has 3 nitrogen and oxygen atoms in total. The predicted octanol–water partition coefficient (Wildman–Crippen LogP) is 1.84. The Labute approximate surface area is 107 Å². The van der Waals surface area contributed by atoms with Gasteiger partial charge in [-0.1, -0.05) is 6.42 Å². The van der Waals surface area contributed by atoms with E-state index in [9.17, 15) is 0 Å². The zero-order valence-electron chi connectivity index (χ0n) is 12.2. The van der Waals surface area contributed by atoms with Gasteiger partial charge in [0.05, 0.1) is 0 Å². The van der Waals surface area contributed by atoms with Crippen LogP contribution < -0.4 is 10.6 Å². The average Bonchev–Trinajstić information content (AvgIpc) is 2.25. The molecule has 1 aliphatic heterocycles. The van der Waals surface area contributed by atoms with E-state index in [0.717, 1.165) is 13.1 Å². The van der Waals surface area contributed by atoms with Gasteiger partial charge in [0.25, 0.3) is 0 Å². The Balaban J connectivity index is 2.02. The Morgan fingerprint density at radius 3 is 2.29 bits per heavy atom. The van der Waals surface area contributed by atoms with Crippen molar-refractivity contribution in [2.45, 2.75) is 58.5 Å². The van der Waals surface area contributed by atoms with Crippen LogP contribution in [0.1, 0.15) is 47.0 Å². The molecule has 0 spiro atoms. The van der Waals surface area contributed by atoms with Crippen molar-refractivity contribution in [3.8, 4) is 0 Å². The van der Waals surface area contributed by atoms with Crippen molar-refractivity contribution in [3.63, 3.8) is 0 Å². The molecule has 0 aromatic heterocycles. The van der Waals surface area contributed by atoms with E-state index in [-0.39, 0.29) is 5.54 Å². The summed E-state index contributed by atoms with van der Waals surface area (Å²) in [7, 11) is 0. The lowest BCUT2D eigenvalue weighted by Gasteiger charge is -2.29. The zero-order valence-corrected chi connectivity index (χ0v) is 12.2. The Bertz CT molecular complexity index is 192. The topological polar surface area (TPSA) is 27.3 Å². The molecule has 2 N–H and O–H groups in total. The largest absolute Gasteiger partial charge is 0.312 e. The summed E-state index contributed by atoms with van der Waals surface area (Å²) in [6.07, 6.45) is 4.20. The van der Waals surface area contributed by atoms with Gasteiger partial charge in [0.15, 0.2) is 0 Å². The second kappa shape index (κ2) is 7.34. The van der Waals surface area contributed by atoms with Crippen molar-refractivity contribution in [2.24, 2.45) is 0 Å². The molecule has 0 amide bonds. The van der Waals surface area contributed by atoms with E-state index < -0.39 is 0 Å². The minimum atomic E-state index is 0.234. The lowest BCUT2D eigenvalue weighted by atomic mass is 10.1. The number of likely N-dealkylation sites (tertiary alicyclic amines) is 1. The summed E-state index contributed by atoms with van der Waals surface area (Å²) in [6, 6.07) is 0.606. The second-order valence-corrected chi connectivity index (χ2v) is 6.39. The molecule has 1 rings (SSSR count). The summed E-state index contributed by atoms with van der Waals surface area (Å²) in [6.45, 7) is 14.8. The minimum absolute atomic E-state index is 0.234. The molecule has 1 heterocycles. The first-order chi connectivity index (χ1) is 7.97. The van der Waals surface area contributed by atoms with Crippen molar-refractivity contribution in [1.29, 1.82) is 0 Å². The first-order valence-electron chi connectivity index (χ1n) is 7.18. The molecule has 0 saturated carbocycles. The van der Waals surface area contributed by atoms with E-state index in [1.54, 1.807) is 0 Å². The Morgan fingerprint density at radius 1 is 1.06 bits per heavy atom. The van der Waals surface area contributed by atoms with Gasteiger partial charge in [-0.15, -0.1) is 0 Å². The highest BCUT2D eigenvalue weighted by Gasteiger charge is 2.13. The van der Waals surface area contributed by atoms with Crippen molar-refractivity contribution in [2.75, 3.05) is 32.7 Å². The number of hydrogen-bond donors (Lipinski definition) is 2. The van der Waals surface area contributed by atoms with Gasteiger partial charge in [0.2, 0.25) is 0 Å². The van der Waals surface area contributed by atoms with Crippen LogP contribution in [0.15, 0.2) is 0 Å². The maximum absolute atomic E-state index is 3.60. The molecule has 1 unspecified atom stereocenters. The van der Waals surface area contributed by atoms with Crippen LogP contribution in [0.5, 0.6) is 0 Å². The number of rotatable bonds is 6. The summed E-state index contributed by atoms with van der Waals surface area (Å²) in [5.74, 6) is 0. The van der Waals surface area contributed by atoms with Gasteiger partial charge in [-0.25, -0.2) is 0 Å². The smallest absolute Gasteiger partial charge is 0.0167 e. The van der Waals surface area contributed by atoms with E-state index in [2.05, 4.69) is 43.2 Å². The van der Waals surface area contributed by atoms with Gasteiger partial charge in [0, 0.05) is 31.2 Å². The van der Waals surface area contributed by atoms with Gasteiger partial charge in [-0.2, -0.15) is 0 Å². The van der Waals surface area contributed by atoms with Crippen LogP contribution in [-0.4, -0.2) is 49.2 Å². The first kappa shape index (κ1) is 14.9. The van der Waals surface area contributed by atoms with Crippen LogP contribution in [0.3, 0.4) is 0 Å². The van der Waals surface area contributed by atoms with E-state index in [4.69, 9.17) is 0 Å². The first-order valence-corrected chi connectivity index (χ1v) is 7.18. The van der Waals surface area contributed by atoms with Gasteiger partial charge >= 0.3 is 0 Å². The quantitative estimate of drug-likeness (QED) is 0.695. The summed E-state index contributed by atoms with van der Waals surface area (Å²) in [5.41, 5.74) is 0.234.